The predicted octanol–water partition coefficient (Wildman–Crippen LogP) is 2.38. The van der Waals surface area contributed by atoms with Gasteiger partial charge in [-0.25, -0.2) is 13.2 Å². The summed E-state index contributed by atoms with van der Waals surface area (Å²) in [6.45, 7) is 1.21. The second kappa shape index (κ2) is 9.94. The molecule has 1 aliphatic rings. The summed E-state index contributed by atoms with van der Waals surface area (Å²) >= 11 is 0. The molecule has 33 heavy (non-hydrogen) atoms. The number of rotatable bonds is 7. The molecular weight excluding hydrogens is 450 g/mol. The number of methoxy groups -OCH3 is 1. The van der Waals surface area contributed by atoms with E-state index in [-0.39, 0.29) is 23.7 Å². The highest BCUT2D eigenvalue weighted by atomic mass is 32.2. The minimum absolute atomic E-state index is 0.0269. The number of nitrogens with zero attached hydrogens (tertiary/aromatic N) is 3. The van der Waals surface area contributed by atoms with Crippen LogP contribution in [0.15, 0.2) is 64.2 Å². The minimum Gasteiger partial charge on any atom is -0.495 e. The number of esters is 1. The molecule has 10 nitrogen and oxygen atoms in total. The van der Waals surface area contributed by atoms with E-state index < -0.39 is 16.0 Å². The smallest absolute Gasteiger partial charge is 0.336 e. The number of aromatic nitrogens is 2. The molecule has 4 rings (SSSR count). The number of sulfonamides is 1. The first-order chi connectivity index (χ1) is 16.0. The maximum Gasteiger partial charge on any atom is 0.336 e. The Hall–Kier alpha value is -3.54. The summed E-state index contributed by atoms with van der Waals surface area (Å²) in [6.07, 6.45) is 3.93. The summed E-state index contributed by atoms with van der Waals surface area (Å²) < 4.78 is 48.4. The van der Waals surface area contributed by atoms with Gasteiger partial charge in [0.25, 0.3) is 0 Å². The Labute approximate surface area is 190 Å². The lowest BCUT2D eigenvalue weighted by Gasteiger charge is -2.26. The molecule has 11 heteroatoms. The summed E-state index contributed by atoms with van der Waals surface area (Å²) in [5.41, 5.74) is 1.20. The zero-order chi connectivity index (χ0) is 23.3. The average molecular weight is 471 g/mol. The summed E-state index contributed by atoms with van der Waals surface area (Å²) in [5, 5.41) is 7.43. The molecule has 3 aromatic rings. The number of ether oxygens (including phenoxy) is 3. The third-order valence-electron chi connectivity index (χ3n) is 4.87. The summed E-state index contributed by atoms with van der Waals surface area (Å²) in [4.78, 5) is 12.3. The van der Waals surface area contributed by atoms with Crippen molar-refractivity contribution in [2.45, 2.75) is 4.90 Å². The van der Waals surface area contributed by atoms with Crippen molar-refractivity contribution in [2.75, 3.05) is 33.4 Å². The van der Waals surface area contributed by atoms with Gasteiger partial charge in [0.1, 0.15) is 16.4 Å². The first-order valence-corrected chi connectivity index (χ1v) is 11.4. The summed E-state index contributed by atoms with van der Waals surface area (Å²) in [7, 11) is -2.37. The Balaban J connectivity index is 1.47. The van der Waals surface area contributed by atoms with Crippen LogP contribution in [0.3, 0.4) is 0 Å². The fourth-order valence-corrected chi connectivity index (χ4v) is 4.80. The van der Waals surface area contributed by atoms with E-state index >= 15 is 0 Å². The van der Waals surface area contributed by atoms with E-state index in [9.17, 15) is 13.2 Å². The molecule has 0 aliphatic carbocycles. The van der Waals surface area contributed by atoms with Crippen LogP contribution in [0.4, 0.5) is 0 Å². The Morgan fingerprint density at radius 2 is 1.88 bits per heavy atom. The molecule has 1 aromatic heterocycles. The molecule has 0 atom stereocenters. The van der Waals surface area contributed by atoms with E-state index in [1.807, 2.05) is 0 Å². The minimum atomic E-state index is -3.78. The Morgan fingerprint density at radius 3 is 2.55 bits per heavy atom. The SMILES string of the molecule is COc1ccc(/C=C/C(=O)Oc2ccc(-c3nnco3)cc2)cc1S(=O)(=O)N1CCOCC1. The summed E-state index contributed by atoms with van der Waals surface area (Å²) in [6, 6.07) is 11.2. The standard InChI is InChI=1S/C22H21N3O7S/c1-29-19-8-2-16(14-20(19)33(27,28)25-10-12-30-13-11-25)3-9-21(26)32-18-6-4-17(5-7-18)22-24-23-15-31-22/h2-9,14-15H,10-13H2,1H3/b9-3+. The van der Waals surface area contributed by atoms with Crippen molar-refractivity contribution in [1.82, 2.24) is 14.5 Å². The molecule has 172 valence electrons. The van der Waals surface area contributed by atoms with E-state index in [0.717, 1.165) is 0 Å². The van der Waals surface area contributed by atoms with Crippen LogP contribution in [0.1, 0.15) is 5.56 Å². The van der Waals surface area contributed by atoms with Gasteiger partial charge >= 0.3 is 5.97 Å². The van der Waals surface area contributed by atoms with Gasteiger partial charge in [-0.3, -0.25) is 0 Å². The highest BCUT2D eigenvalue weighted by Gasteiger charge is 2.29. The van der Waals surface area contributed by atoms with Crippen LogP contribution in [0, 0.1) is 0 Å². The zero-order valence-corrected chi connectivity index (χ0v) is 18.5. The molecule has 0 unspecified atom stereocenters. The third kappa shape index (κ3) is 5.28. The van der Waals surface area contributed by atoms with Crippen LogP contribution in [0.2, 0.25) is 0 Å². The number of carbonyl (C=O) groups is 1. The normalized spacial score (nSPS) is 14.9. The molecule has 2 aromatic carbocycles. The first kappa shape index (κ1) is 22.6. The molecule has 0 spiro atoms. The van der Waals surface area contributed by atoms with Gasteiger partial charge in [0.15, 0.2) is 0 Å². The highest BCUT2D eigenvalue weighted by Crippen LogP contribution is 2.29. The first-order valence-electron chi connectivity index (χ1n) is 10.00. The fraction of sp³-hybridized carbons (Fsp3) is 0.227. The van der Waals surface area contributed by atoms with Gasteiger partial charge in [-0.1, -0.05) is 6.07 Å². The molecule has 0 amide bonds. The largest absolute Gasteiger partial charge is 0.495 e. The number of hydrogen-bond acceptors (Lipinski definition) is 9. The highest BCUT2D eigenvalue weighted by molar-refractivity contribution is 7.89. The lowest BCUT2D eigenvalue weighted by atomic mass is 10.2. The van der Waals surface area contributed by atoms with E-state index in [4.69, 9.17) is 18.6 Å². The summed E-state index contributed by atoms with van der Waals surface area (Å²) in [5.74, 6) is 0.296. The molecule has 0 radical (unpaired) electrons. The zero-order valence-electron chi connectivity index (χ0n) is 17.7. The van der Waals surface area contributed by atoms with E-state index in [2.05, 4.69) is 10.2 Å². The van der Waals surface area contributed by atoms with Crippen LogP contribution in [0.5, 0.6) is 11.5 Å². The van der Waals surface area contributed by atoms with Crippen molar-refractivity contribution in [2.24, 2.45) is 0 Å². The molecule has 1 fully saturated rings. The number of hydrogen-bond donors (Lipinski definition) is 0. The molecule has 1 aliphatic heterocycles. The molecule has 1 saturated heterocycles. The maximum atomic E-state index is 13.1. The third-order valence-corrected chi connectivity index (χ3v) is 6.79. The Kier molecular flexibility index (Phi) is 6.82. The van der Waals surface area contributed by atoms with Gasteiger partial charge in [-0.05, 0) is 48.0 Å². The van der Waals surface area contributed by atoms with Gasteiger partial charge in [-0.2, -0.15) is 4.31 Å². The monoisotopic (exact) mass is 471 g/mol. The van der Waals surface area contributed by atoms with Gasteiger partial charge in [0, 0.05) is 24.7 Å². The molecule has 0 bridgehead atoms. The molecule has 2 heterocycles. The topological polar surface area (TPSA) is 121 Å². The molecule has 0 N–H and O–H groups in total. The number of morpholine rings is 1. The van der Waals surface area contributed by atoms with E-state index in [1.54, 1.807) is 36.4 Å². The van der Waals surface area contributed by atoms with Crippen LogP contribution >= 0.6 is 0 Å². The average Bonchev–Trinajstić information content (AvgIpc) is 3.39. The lowest BCUT2D eigenvalue weighted by Crippen LogP contribution is -2.40. The van der Waals surface area contributed by atoms with Gasteiger partial charge in [0.2, 0.25) is 22.3 Å². The second-order valence-corrected chi connectivity index (χ2v) is 8.86. The lowest BCUT2D eigenvalue weighted by molar-refractivity contribution is -0.128. The molecule has 0 saturated carbocycles. The predicted molar refractivity (Wildman–Crippen MR) is 117 cm³/mol. The van der Waals surface area contributed by atoms with Crippen molar-refractivity contribution in [3.8, 4) is 23.0 Å². The van der Waals surface area contributed by atoms with Gasteiger partial charge < -0.3 is 18.6 Å². The second-order valence-electron chi connectivity index (χ2n) is 6.95. The van der Waals surface area contributed by atoms with Gasteiger partial charge in [0.05, 0.1) is 20.3 Å². The van der Waals surface area contributed by atoms with Crippen molar-refractivity contribution in [3.63, 3.8) is 0 Å². The van der Waals surface area contributed by atoms with Crippen LogP contribution < -0.4 is 9.47 Å². The number of carbonyl (C=O) groups excluding carboxylic acids is 1. The Bertz CT molecular complexity index is 1230. The van der Waals surface area contributed by atoms with Crippen molar-refractivity contribution in [3.05, 3.63) is 60.5 Å². The van der Waals surface area contributed by atoms with Crippen molar-refractivity contribution in [1.29, 1.82) is 0 Å². The van der Waals surface area contributed by atoms with Crippen molar-refractivity contribution < 1.29 is 31.8 Å². The quantitative estimate of drug-likeness (QED) is 0.290. The Morgan fingerprint density at radius 1 is 1.12 bits per heavy atom. The van der Waals surface area contributed by atoms with Crippen LogP contribution in [-0.2, 0) is 19.6 Å². The molecular formula is C22H21N3O7S. The van der Waals surface area contributed by atoms with Crippen LogP contribution in [0.25, 0.3) is 17.5 Å². The van der Waals surface area contributed by atoms with Gasteiger partial charge in [-0.15, -0.1) is 10.2 Å². The van der Waals surface area contributed by atoms with E-state index in [0.29, 0.717) is 36.0 Å². The number of benzene rings is 2. The fourth-order valence-electron chi connectivity index (χ4n) is 3.20. The van der Waals surface area contributed by atoms with E-state index in [1.165, 1.54) is 36.0 Å². The van der Waals surface area contributed by atoms with Crippen molar-refractivity contribution >= 4 is 22.1 Å². The van der Waals surface area contributed by atoms with Crippen LogP contribution in [-0.4, -0.2) is 62.3 Å². The maximum absolute atomic E-state index is 13.1.